The summed E-state index contributed by atoms with van der Waals surface area (Å²) in [5, 5.41) is 4.41. The van der Waals surface area contributed by atoms with E-state index in [1.165, 1.54) is 4.88 Å². The molecule has 0 radical (unpaired) electrons. The number of rotatable bonds is 5. The van der Waals surface area contributed by atoms with Crippen LogP contribution in [0.3, 0.4) is 0 Å². The maximum Gasteiger partial charge on any atom is 0.240 e. The lowest BCUT2D eigenvalue weighted by Crippen LogP contribution is -2.12. The number of nitrogens with one attached hydrogen (secondary N) is 2. The van der Waals surface area contributed by atoms with E-state index < -0.39 is 0 Å². The number of nitrogen functional groups attached to an aromatic ring is 1. The Morgan fingerprint density at radius 1 is 1.41 bits per heavy atom. The third-order valence-corrected chi connectivity index (χ3v) is 3.41. The summed E-state index contributed by atoms with van der Waals surface area (Å²) in [6.07, 6.45) is 2.28. The van der Waals surface area contributed by atoms with Crippen molar-refractivity contribution in [1.82, 2.24) is 9.97 Å². The van der Waals surface area contributed by atoms with E-state index in [0.29, 0.717) is 5.95 Å². The fourth-order valence-corrected chi connectivity index (χ4v) is 2.50. The molecule has 6 heteroatoms. The minimum atomic E-state index is 0.457. The molecule has 2 heterocycles. The Hall–Kier alpha value is -1.40. The van der Waals surface area contributed by atoms with Gasteiger partial charge in [-0.1, -0.05) is 13.3 Å². The van der Waals surface area contributed by atoms with Gasteiger partial charge in [0, 0.05) is 11.4 Å². The Balaban J connectivity index is 2.36. The molecule has 2 aromatic heterocycles. The monoisotopic (exact) mass is 251 g/mol. The second-order valence-corrected chi connectivity index (χ2v) is 5.13. The lowest BCUT2D eigenvalue weighted by molar-refractivity contribution is 0.831. The second kappa shape index (κ2) is 5.29. The molecule has 2 rings (SSSR count). The molecule has 0 amide bonds. The minimum Gasteiger partial charge on any atom is -0.369 e. The summed E-state index contributed by atoms with van der Waals surface area (Å²) in [4.78, 5) is 10.9. The number of fused-ring (bicyclic) bond motifs is 1. The summed E-state index contributed by atoms with van der Waals surface area (Å²) >= 11 is 1.65. The molecular formula is C11H17N5S. The van der Waals surface area contributed by atoms with Crippen LogP contribution in [0.4, 0.5) is 11.8 Å². The number of hydrogen-bond donors (Lipinski definition) is 3. The summed E-state index contributed by atoms with van der Waals surface area (Å²) in [7, 11) is 0. The number of nitrogens with two attached hydrogens (primary N) is 1. The minimum absolute atomic E-state index is 0.457. The number of thiophene rings is 1. The van der Waals surface area contributed by atoms with Crippen molar-refractivity contribution in [1.29, 1.82) is 0 Å². The summed E-state index contributed by atoms with van der Waals surface area (Å²) in [6, 6.07) is 2.11. The zero-order chi connectivity index (χ0) is 12.3. The van der Waals surface area contributed by atoms with Crippen LogP contribution >= 0.6 is 11.3 Å². The number of aromatic nitrogens is 2. The third kappa shape index (κ3) is 2.65. The third-order valence-electron chi connectivity index (χ3n) is 2.47. The fraction of sp³-hybridized carbons (Fsp3) is 0.455. The highest BCUT2D eigenvalue weighted by Crippen LogP contribution is 2.29. The summed E-state index contributed by atoms with van der Waals surface area (Å²) in [6.45, 7) is 5.15. The van der Waals surface area contributed by atoms with Crippen LogP contribution in [0.25, 0.3) is 10.2 Å². The Morgan fingerprint density at radius 3 is 2.94 bits per heavy atom. The van der Waals surface area contributed by atoms with E-state index >= 15 is 0 Å². The Kier molecular flexibility index (Phi) is 3.75. The van der Waals surface area contributed by atoms with Crippen LogP contribution in [0, 0.1) is 6.92 Å². The second-order valence-electron chi connectivity index (χ2n) is 3.90. The average Bonchev–Trinajstić information content (AvgIpc) is 2.69. The van der Waals surface area contributed by atoms with Crippen LogP contribution in [-0.2, 0) is 0 Å². The predicted molar refractivity (Wildman–Crippen MR) is 73.4 cm³/mol. The van der Waals surface area contributed by atoms with Crippen LogP contribution in [0.2, 0.25) is 0 Å². The van der Waals surface area contributed by atoms with Crippen molar-refractivity contribution in [3.05, 3.63) is 10.9 Å². The van der Waals surface area contributed by atoms with Gasteiger partial charge in [0.2, 0.25) is 5.95 Å². The first-order chi connectivity index (χ1) is 8.24. The average molecular weight is 251 g/mol. The zero-order valence-electron chi connectivity index (χ0n) is 10.1. The van der Waals surface area contributed by atoms with Gasteiger partial charge in [-0.3, -0.25) is 5.43 Å². The van der Waals surface area contributed by atoms with Gasteiger partial charge in [0.25, 0.3) is 0 Å². The number of unbranched alkanes of at least 4 members (excludes halogenated alkanes) is 1. The van der Waals surface area contributed by atoms with Crippen molar-refractivity contribution in [3.8, 4) is 0 Å². The first-order valence-electron chi connectivity index (χ1n) is 5.73. The summed E-state index contributed by atoms with van der Waals surface area (Å²) in [5.41, 5.74) is 2.50. The maximum absolute atomic E-state index is 5.37. The number of nitrogens with zero attached hydrogens (tertiary/aromatic N) is 2. The van der Waals surface area contributed by atoms with Gasteiger partial charge >= 0.3 is 0 Å². The fourth-order valence-electron chi connectivity index (χ4n) is 1.62. The smallest absolute Gasteiger partial charge is 0.240 e. The highest BCUT2D eigenvalue weighted by molar-refractivity contribution is 7.18. The first-order valence-corrected chi connectivity index (χ1v) is 6.55. The molecule has 4 N–H and O–H groups in total. The molecule has 0 fully saturated rings. The van der Waals surface area contributed by atoms with Crippen LogP contribution in [0.1, 0.15) is 24.6 Å². The SMILES string of the molecule is CCCCNc1nc(NN)nc2sc(C)cc12. The molecule has 0 unspecified atom stereocenters. The molecule has 92 valence electrons. The van der Waals surface area contributed by atoms with E-state index in [4.69, 9.17) is 5.84 Å². The van der Waals surface area contributed by atoms with E-state index in [0.717, 1.165) is 35.4 Å². The van der Waals surface area contributed by atoms with Gasteiger partial charge in [0.1, 0.15) is 10.6 Å². The molecule has 0 spiro atoms. The van der Waals surface area contributed by atoms with E-state index in [-0.39, 0.29) is 0 Å². The van der Waals surface area contributed by atoms with Crippen molar-refractivity contribution >= 4 is 33.3 Å². The van der Waals surface area contributed by atoms with Crippen molar-refractivity contribution in [2.24, 2.45) is 5.84 Å². The number of hydrazine groups is 1. The highest BCUT2D eigenvalue weighted by Gasteiger charge is 2.09. The molecule has 2 aromatic rings. The Labute approximate surface area is 104 Å². The van der Waals surface area contributed by atoms with Crippen molar-refractivity contribution in [3.63, 3.8) is 0 Å². The highest BCUT2D eigenvalue weighted by atomic mass is 32.1. The molecular weight excluding hydrogens is 234 g/mol. The Bertz CT molecular complexity index is 508. The maximum atomic E-state index is 5.37. The first kappa shape index (κ1) is 12.1. The van der Waals surface area contributed by atoms with Crippen LogP contribution < -0.4 is 16.6 Å². The molecule has 0 saturated heterocycles. The van der Waals surface area contributed by atoms with Crippen molar-refractivity contribution in [2.45, 2.75) is 26.7 Å². The lowest BCUT2D eigenvalue weighted by Gasteiger charge is -2.07. The molecule has 0 aliphatic rings. The van der Waals surface area contributed by atoms with Crippen LogP contribution in [-0.4, -0.2) is 16.5 Å². The van der Waals surface area contributed by atoms with Gasteiger partial charge in [-0.15, -0.1) is 11.3 Å². The lowest BCUT2D eigenvalue weighted by atomic mass is 10.3. The normalized spacial score (nSPS) is 10.8. The standard InChI is InChI=1S/C11H17N5S/c1-3-4-5-13-9-8-6-7(2)17-10(8)15-11(14-9)16-12/h6H,3-5,12H2,1-2H3,(H2,13,14,15,16). The quantitative estimate of drug-likeness (QED) is 0.432. The molecule has 0 bridgehead atoms. The van der Waals surface area contributed by atoms with Crippen LogP contribution in [0.5, 0.6) is 0 Å². The van der Waals surface area contributed by atoms with E-state index in [9.17, 15) is 0 Å². The van der Waals surface area contributed by atoms with Gasteiger partial charge in [-0.2, -0.15) is 4.98 Å². The van der Waals surface area contributed by atoms with Crippen molar-refractivity contribution in [2.75, 3.05) is 17.3 Å². The molecule has 0 atom stereocenters. The topological polar surface area (TPSA) is 75.9 Å². The summed E-state index contributed by atoms with van der Waals surface area (Å²) in [5.74, 6) is 6.69. The molecule has 0 aliphatic heterocycles. The molecule has 0 saturated carbocycles. The van der Waals surface area contributed by atoms with Crippen molar-refractivity contribution < 1.29 is 0 Å². The summed E-state index contributed by atoms with van der Waals surface area (Å²) < 4.78 is 0. The van der Waals surface area contributed by atoms with Gasteiger partial charge in [-0.05, 0) is 19.4 Å². The number of anilines is 2. The van der Waals surface area contributed by atoms with Gasteiger partial charge in [0.05, 0.1) is 5.39 Å². The van der Waals surface area contributed by atoms with E-state index in [2.05, 4.69) is 40.6 Å². The predicted octanol–water partition coefficient (Wildman–Crippen LogP) is 2.50. The van der Waals surface area contributed by atoms with E-state index in [1.807, 2.05) is 0 Å². The molecule has 17 heavy (non-hydrogen) atoms. The Morgan fingerprint density at radius 2 is 2.24 bits per heavy atom. The van der Waals surface area contributed by atoms with E-state index in [1.54, 1.807) is 11.3 Å². The molecule has 0 aromatic carbocycles. The zero-order valence-corrected chi connectivity index (χ0v) is 10.9. The number of aryl methyl sites for hydroxylation is 1. The molecule has 5 nitrogen and oxygen atoms in total. The van der Waals surface area contributed by atoms with Crippen LogP contribution in [0.15, 0.2) is 6.07 Å². The van der Waals surface area contributed by atoms with Gasteiger partial charge in [-0.25, -0.2) is 10.8 Å². The largest absolute Gasteiger partial charge is 0.369 e. The number of hydrogen-bond acceptors (Lipinski definition) is 6. The van der Waals surface area contributed by atoms with Gasteiger partial charge < -0.3 is 5.32 Å². The van der Waals surface area contributed by atoms with Gasteiger partial charge in [0.15, 0.2) is 0 Å². The molecule has 0 aliphatic carbocycles.